The third-order valence-electron chi connectivity index (χ3n) is 3.47. The van der Waals surface area contributed by atoms with Crippen molar-refractivity contribution in [3.8, 4) is 5.75 Å². The molecule has 0 atom stereocenters. The van der Waals surface area contributed by atoms with Crippen LogP contribution in [0.15, 0.2) is 53.7 Å². The predicted octanol–water partition coefficient (Wildman–Crippen LogP) is 2.15. The molecule has 2 aromatic carbocycles. The third-order valence-corrected chi connectivity index (χ3v) is 3.47. The molecule has 0 aliphatic carbocycles. The van der Waals surface area contributed by atoms with Crippen LogP contribution in [0.1, 0.15) is 21.5 Å². The normalized spacial score (nSPS) is 10.4. The van der Waals surface area contributed by atoms with Gasteiger partial charge in [0, 0.05) is 12.1 Å². The lowest BCUT2D eigenvalue weighted by Crippen LogP contribution is -2.26. The van der Waals surface area contributed by atoms with Crippen LogP contribution < -0.4 is 10.1 Å². The molecule has 0 spiro atoms. The summed E-state index contributed by atoms with van der Waals surface area (Å²) in [5, 5.41) is 6.47. The molecule has 0 aromatic heterocycles. The minimum absolute atomic E-state index is 0.202. The molecule has 136 valence electrons. The second-order valence-electron chi connectivity index (χ2n) is 5.22. The van der Waals surface area contributed by atoms with Crippen LogP contribution in [0.3, 0.4) is 0 Å². The molecular formula is C19H20N2O5. The van der Waals surface area contributed by atoms with Crippen LogP contribution in [0.2, 0.25) is 0 Å². The number of oxime groups is 1. The summed E-state index contributed by atoms with van der Waals surface area (Å²) in [6.07, 6.45) is 1.48. The van der Waals surface area contributed by atoms with Crippen LogP contribution in [0.5, 0.6) is 5.75 Å². The zero-order valence-corrected chi connectivity index (χ0v) is 14.6. The number of carbonyl (C=O) groups excluding carboxylic acids is 2. The zero-order chi connectivity index (χ0) is 18.8. The fourth-order valence-corrected chi connectivity index (χ4v) is 2.09. The Kier molecular flexibility index (Phi) is 7.17. The summed E-state index contributed by atoms with van der Waals surface area (Å²) < 4.78 is 9.82. The van der Waals surface area contributed by atoms with Crippen LogP contribution in [-0.4, -0.2) is 38.9 Å². The van der Waals surface area contributed by atoms with Gasteiger partial charge >= 0.3 is 5.97 Å². The Morgan fingerprint density at radius 1 is 1.08 bits per heavy atom. The lowest BCUT2D eigenvalue weighted by molar-refractivity contribution is -0.125. The van der Waals surface area contributed by atoms with E-state index >= 15 is 0 Å². The maximum Gasteiger partial charge on any atom is 0.337 e. The van der Waals surface area contributed by atoms with Crippen LogP contribution in [-0.2, 0) is 20.9 Å². The molecule has 0 fully saturated rings. The van der Waals surface area contributed by atoms with E-state index in [1.807, 2.05) is 18.2 Å². The molecule has 26 heavy (non-hydrogen) atoms. The van der Waals surface area contributed by atoms with Gasteiger partial charge in [0.1, 0.15) is 5.75 Å². The monoisotopic (exact) mass is 356 g/mol. The van der Waals surface area contributed by atoms with Gasteiger partial charge in [0.15, 0.2) is 6.61 Å². The van der Waals surface area contributed by atoms with Gasteiger partial charge in [-0.15, -0.1) is 0 Å². The van der Waals surface area contributed by atoms with Gasteiger partial charge in [-0.2, -0.15) is 0 Å². The summed E-state index contributed by atoms with van der Waals surface area (Å²) in [6.45, 7) is 0.117. The largest absolute Gasteiger partial charge is 0.496 e. The number of hydrogen-bond acceptors (Lipinski definition) is 6. The minimum atomic E-state index is -0.401. The summed E-state index contributed by atoms with van der Waals surface area (Å²) in [5.41, 5.74) is 2.06. The number of nitrogens with zero attached hydrogens (tertiary/aromatic N) is 1. The van der Waals surface area contributed by atoms with Crippen LogP contribution in [0.25, 0.3) is 0 Å². The number of ether oxygens (including phenoxy) is 2. The van der Waals surface area contributed by atoms with Crippen molar-refractivity contribution < 1.29 is 23.9 Å². The third kappa shape index (κ3) is 5.62. The van der Waals surface area contributed by atoms with E-state index in [0.29, 0.717) is 17.9 Å². The first-order chi connectivity index (χ1) is 12.6. The van der Waals surface area contributed by atoms with Crippen LogP contribution in [0.4, 0.5) is 0 Å². The first kappa shape index (κ1) is 19.0. The quantitative estimate of drug-likeness (QED) is 0.445. The van der Waals surface area contributed by atoms with Gasteiger partial charge in [-0.25, -0.2) is 4.79 Å². The van der Waals surface area contributed by atoms with Crippen LogP contribution in [0, 0.1) is 0 Å². The molecule has 0 unspecified atom stereocenters. The van der Waals surface area contributed by atoms with Crippen molar-refractivity contribution in [2.75, 3.05) is 20.8 Å². The Hall–Kier alpha value is -3.35. The molecule has 0 aliphatic heterocycles. The molecule has 2 rings (SSSR count). The first-order valence-electron chi connectivity index (χ1n) is 7.86. The lowest BCUT2D eigenvalue weighted by Gasteiger charge is -2.06. The van der Waals surface area contributed by atoms with Gasteiger partial charge < -0.3 is 19.6 Å². The Morgan fingerprint density at radius 3 is 2.50 bits per heavy atom. The highest BCUT2D eigenvalue weighted by atomic mass is 16.6. The smallest absolute Gasteiger partial charge is 0.337 e. The molecule has 0 saturated heterocycles. The lowest BCUT2D eigenvalue weighted by atomic mass is 10.1. The van der Waals surface area contributed by atoms with Crippen molar-refractivity contribution in [1.82, 2.24) is 5.32 Å². The first-order valence-corrected chi connectivity index (χ1v) is 7.86. The molecule has 7 nitrogen and oxygen atoms in total. The standard InChI is InChI=1S/C19H20N2O5/c1-24-17-6-4-3-5-16(17)12-21-26-13-18(22)20-11-14-7-9-15(10-8-14)19(23)25-2/h3-10,12H,11,13H2,1-2H3,(H,20,22)/b21-12-. The molecule has 7 heteroatoms. The van der Waals surface area contributed by atoms with E-state index in [-0.39, 0.29) is 12.5 Å². The molecule has 0 radical (unpaired) electrons. The van der Waals surface area contributed by atoms with Gasteiger partial charge in [0.25, 0.3) is 5.91 Å². The maximum absolute atomic E-state index is 11.8. The maximum atomic E-state index is 11.8. The number of rotatable bonds is 8. The fourth-order valence-electron chi connectivity index (χ4n) is 2.09. The molecule has 1 amide bonds. The van der Waals surface area contributed by atoms with Gasteiger partial charge in [-0.1, -0.05) is 29.4 Å². The van der Waals surface area contributed by atoms with E-state index in [1.54, 1.807) is 37.4 Å². The van der Waals surface area contributed by atoms with Crippen LogP contribution >= 0.6 is 0 Å². The molecule has 0 bridgehead atoms. The number of para-hydroxylation sites is 1. The molecular weight excluding hydrogens is 336 g/mol. The number of nitrogens with one attached hydrogen (secondary N) is 1. The summed E-state index contributed by atoms with van der Waals surface area (Å²) in [4.78, 5) is 28.1. The topological polar surface area (TPSA) is 86.2 Å². The van der Waals surface area contributed by atoms with Gasteiger partial charge in [-0.3, -0.25) is 4.79 Å². The second-order valence-corrected chi connectivity index (χ2v) is 5.22. The number of methoxy groups -OCH3 is 2. The van der Waals surface area contributed by atoms with Gasteiger partial charge in [0.2, 0.25) is 0 Å². The number of hydrogen-bond donors (Lipinski definition) is 1. The molecule has 2 aromatic rings. The predicted molar refractivity (Wildman–Crippen MR) is 96.2 cm³/mol. The number of amides is 1. The average molecular weight is 356 g/mol. The second kappa shape index (κ2) is 9.83. The number of esters is 1. The Bertz CT molecular complexity index is 772. The molecule has 0 aliphatic rings. The molecule has 1 N–H and O–H groups in total. The van der Waals surface area contributed by atoms with Gasteiger partial charge in [0.05, 0.1) is 26.0 Å². The van der Waals surface area contributed by atoms with Crippen molar-refractivity contribution in [3.05, 3.63) is 65.2 Å². The molecule has 0 heterocycles. The van der Waals surface area contributed by atoms with Crippen molar-refractivity contribution in [1.29, 1.82) is 0 Å². The highest BCUT2D eigenvalue weighted by Gasteiger charge is 2.06. The molecule has 0 saturated carbocycles. The number of benzene rings is 2. The van der Waals surface area contributed by atoms with Crippen molar-refractivity contribution in [3.63, 3.8) is 0 Å². The van der Waals surface area contributed by atoms with E-state index in [0.717, 1.165) is 11.1 Å². The van der Waals surface area contributed by atoms with Crippen molar-refractivity contribution >= 4 is 18.1 Å². The Labute approximate surface area is 151 Å². The number of carbonyl (C=O) groups is 2. The summed E-state index contributed by atoms with van der Waals surface area (Å²) >= 11 is 0. The highest BCUT2D eigenvalue weighted by Crippen LogP contribution is 2.14. The van der Waals surface area contributed by atoms with E-state index in [2.05, 4.69) is 15.2 Å². The fraction of sp³-hybridized carbons (Fsp3) is 0.211. The van der Waals surface area contributed by atoms with E-state index < -0.39 is 5.97 Å². The average Bonchev–Trinajstić information content (AvgIpc) is 2.69. The Morgan fingerprint density at radius 2 is 1.81 bits per heavy atom. The summed E-state index contributed by atoms with van der Waals surface area (Å²) in [7, 11) is 2.89. The zero-order valence-electron chi connectivity index (χ0n) is 14.6. The summed E-state index contributed by atoms with van der Waals surface area (Å²) in [6, 6.07) is 14.1. The van der Waals surface area contributed by atoms with E-state index in [9.17, 15) is 9.59 Å². The minimum Gasteiger partial charge on any atom is -0.496 e. The SMILES string of the molecule is COC(=O)c1ccc(CNC(=O)CO/N=C\c2ccccc2OC)cc1. The van der Waals surface area contributed by atoms with E-state index in [1.165, 1.54) is 13.3 Å². The van der Waals surface area contributed by atoms with Crippen molar-refractivity contribution in [2.24, 2.45) is 5.16 Å². The van der Waals surface area contributed by atoms with Gasteiger partial charge in [-0.05, 0) is 29.8 Å². The van der Waals surface area contributed by atoms with Crippen molar-refractivity contribution in [2.45, 2.75) is 6.54 Å². The summed E-state index contributed by atoms with van der Waals surface area (Å²) in [5.74, 6) is -0.0409. The highest BCUT2D eigenvalue weighted by molar-refractivity contribution is 5.89. The van der Waals surface area contributed by atoms with E-state index in [4.69, 9.17) is 9.57 Å². The Balaban J connectivity index is 1.75.